The zero-order chi connectivity index (χ0) is 17.1. The Morgan fingerprint density at radius 1 is 1.12 bits per heavy atom. The second-order valence-electron chi connectivity index (χ2n) is 6.57. The summed E-state index contributed by atoms with van der Waals surface area (Å²) in [7, 11) is 0. The maximum atomic E-state index is 12.3. The van der Waals surface area contributed by atoms with Crippen molar-refractivity contribution in [2.24, 2.45) is 0 Å². The van der Waals surface area contributed by atoms with Gasteiger partial charge < -0.3 is 10.1 Å². The highest BCUT2D eigenvalue weighted by molar-refractivity contribution is 5.92. The number of carbonyl (C=O) groups excluding carboxylic acids is 1. The Kier molecular flexibility index (Phi) is 4.95. The lowest BCUT2D eigenvalue weighted by molar-refractivity contribution is 0.0694. The lowest BCUT2D eigenvalue weighted by Gasteiger charge is -2.22. The molecule has 1 amide bonds. The van der Waals surface area contributed by atoms with Crippen LogP contribution < -0.4 is 5.32 Å². The number of nitrogens with zero attached hydrogens (tertiary/aromatic N) is 1. The van der Waals surface area contributed by atoms with Gasteiger partial charge in [-0.15, -0.1) is 0 Å². The van der Waals surface area contributed by atoms with Gasteiger partial charge >= 0.3 is 0 Å². The van der Waals surface area contributed by atoms with Gasteiger partial charge in [-0.05, 0) is 56.4 Å². The maximum absolute atomic E-state index is 12.3. The number of nitrogens with one attached hydrogen (secondary N) is 1. The minimum atomic E-state index is -0.106. The van der Waals surface area contributed by atoms with Crippen LogP contribution in [0.4, 0.5) is 0 Å². The van der Waals surface area contributed by atoms with E-state index < -0.39 is 0 Å². The van der Waals surface area contributed by atoms with E-state index in [-0.39, 0.29) is 11.9 Å². The first-order valence-corrected chi connectivity index (χ1v) is 8.47. The van der Waals surface area contributed by atoms with Crippen LogP contribution in [0.15, 0.2) is 30.5 Å². The minimum Gasteiger partial charge on any atom is -0.381 e. The molecule has 1 N–H and O–H groups in total. The van der Waals surface area contributed by atoms with Crippen molar-refractivity contribution in [2.75, 3.05) is 13.2 Å². The van der Waals surface area contributed by atoms with Crippen LogP contribution in [0.2, 0.25) is 0 Å². The second-order valence-corrected chi connectivity index (χ2v) is 6.57. The molecular weight excluding hydrogens is 300 g/mol. The Morgan fingerprint density at radius 2 is 1.79 bits per heavy atom. The predicted octanol–water partition coefficient (Wildman–Crippen LogP) is 3.58. The normalized spacial score (nSPS) is 15.3. The molecule has 0 saturated carbocycles. The number of amides is 1. The number of aryl methyl sites for hydroxylation is 3. The van der Waals surface area contributed by atoms with Gasteiger partial charge in [0, 0.05) is 31.0 Å². The van der Waals surface area contributed by atoms with E-state index in [2.05, 4.69) is 43.2 Å². The first-order chi connectivity index (χ1) is 11.5. The van der Waals surface area contributed by atoms with Crippen LogP contribution in [0.1, 0.15) is 40.0 Å². The predicted molar refractivity (Wildman–Crippen MR) is 95.2 cm³/mol. The quantitative estimate of drug-likeness (QED) is 0.939. The summed E-state index contributed by atoms with van der Waals surface area (Å²) in [6, 6.07) is 8.33. The molecule has 1 aromatic heterocycles. The smallest absolute Gasteiger partial charge is 0.270 e. The van der Waals surface area contributed by atoms with Gasteiger partial charge in [0.25, 0.3) is 5.91 Å². The van der Waals surface area contributed by atoms with Crippen molar-refractivity contribution in [1.82, 2.24) is 10.3 Å². The summed E-state index contributed by atoms with van der Waals surface area (Å²) in [6.07, 6.45) is 3.53. The maximum Gasteiger partial charge on any atom is 0.270 e. The van der Waals surface area contributed by atoms with Crippen LogP contribution in [-0.2, 0) is 4.74 Å². The molecule has 0 bridgehead atoms. The van der Waals surface area contributed by atoms with Crippen molar-refractivity contribution in [3.8, 4) is 11.1 Å². The van der Waals surface area contributed by atoms with E-state index in [4.69, 9.17) is 4.74 Å². The molecule has 1 fully saturated rings. The number of pyridine rings is 1. The van der Waals surface area contributed by atoms with E-state index in [1.54, 1.807) is 6.20 Å². The van der Waals surface area contributed by atoms with Gasteiger partial charge in [0.05, 0.1) is 0 Å². The first kappa shape index (κ1) is 16.7. The molecule has 4 nitrogen and oxygen atoms in total. The van der Waals surface area contributed by atoms with E-state index in [0.717, 1.165) is 18.4 Å². The average Bonchev–Trinajstić information content (AvgIpc) is 2.55. The molecule has 0 unspecified atom stereocenters. The van der Waals surface area contributed by atoms with Crippen LogP contribution in [-0.4, -0.2) is 30.1 Å². The fourth-order valence-corrected chi connectivity index (χ4v) is 3.41. The zero-order valence-corrected chi connectivity index (χ0v) is 14.6. The van der Waals surface area contributed by atoms with Crippen molar-refractivity contribution >= 4 is 5.91 Å². The summed E-state index contributed by atoms with van der Waals surface area (Å²) in [6.45, 7) is 7.75. The van der Waals surface area contributed by atoms with E-state index in [1.165, 1.54) is 22.3 Å². The van der Waals surface area contributed by atoms with Crippen LogP contribution in [0.25, 0.3) is 11.1 Å². The van der Waals surface area contributed by atoms with Crippen LogP contribution in [0.3, 0.4) is 0 Å². The Balaban J connectivity index is 1.77. The Labute approximate surface area is 143 Å². The standard InChI is InChI=1S/C20H24N2O2/c1-13-10-14(2)19(15(3)11-13)16-4-5-18(21-12-16)20(23)22-17-6-8-24-9-7-17/h4-5,10-12,17H,6-9H2,1-3H3,(H,22,23). The van der Waals surface area contributed by atoms with Gasteiger partial charge in [0.2, 0.25) is 0 Å². The van der Waals surface area contributed by atoms with Gasteiger partial charge in [0.15, 0.2) is 0 Å². The summed E-state index contributed by atoms with van der Waals surface area (Å²) in [4.78, 5) is 16.7. The molecule has 0 aliphatic carbocycles. The third-order valence-electron chi connectivity index (χ3n) is 4.52. The second kappa shape index (κ2) is 7.14. The molecule has 1 aliphatic heterocycles. The number of hydrogen-bond donors (Lipinski definition) is 1. The highest BCUT2D eigenvalue weighted by Crippen LogP contribution is 2.27. The number of benzene rings is 1. The topological polar surface area (TPSA) is 51.2 Å². The zero-order valence-electron chi connectivity index (χ0n) is 14.6. The molecule has 2 aromatic rings. The van der Waals surface area contributed by atoms with Gasteiger partial charge in [-0.1, -0.05) is 23.8 Å². The highest BCUT2D eigenvalue weighted by Gasteiger charge is 2.18. The number of hydrogen-bond acceptors (Lipinski definition) is 3. The summed E-state index contributed by atoms with van der Waals surface area (Å²) in [5, 5.41) is 3.04. The highest BCUT2D eigenvalue weighted by atomic mass is 16.5. The summed E-state index contributed by atoms with van der Waals surface area (Å²) in [5.74, 6) is -0.106. The number of carbonyl (C=O) groups is 1. The molecule has 2 heterocycles. The fraction of sp³-hybridized carbons (Fsp3) is 0.400. The number of ether oxygens (including phenoxy) is 1. The van der Waals surface area contributed by atoms with E-state index in [0.29, 0.717) is 18.9 Å². The first-order valence-electron chi connectivity index (χ1n) is 8.47. The largest absolute Gasteiger partial charge is 0.381 e. The van der Waals surface area contributed by atoms with Gasteiger partial charge in [0.1, 0.15) is 5.69 Å². The molecule has 24 heavy (non-hydrogen) atoms. The molecule has 4 heteroatoms. The fourth-order valence-electron chi connectivity index (χ4n) is 3.41. The molecule has 0 radical (unpaired) electrons. The molecule has 1 aliphatic rings. The number of aromatic nitrogens is 1. The molecule has 0 atom stereocenters. The molecule has 0 spiro atoms. The van der Waals surface area contributed by atoms with Crippen LogP contribution in [0.5, 0.6) is 0 Å². The van der Waals surface area contributed by atoms with Crippen molar-refractivity contribution in [2.45, 2.75) is 39.7 Å². The Hall–Kier alpha value is -2.20. The van der Waals surface area contributed by atoms with Crippen LogP contribution >= 0.6 is 0 Å². The monoisotopic (exact) mass is 324 g/mol. The van der Waals surface area contributed by atoms with Crippen molar-refractivity contribution in [3.05, 3.63) is 52.8 Å². The Morgan fingerprint density at radius 3 is 2.38 bits per heavy atom. The van der Waals surface area contributed by atoms with E-state index in [1.807, 2.05) is 12.1 Å². The summed E-state index contributed by atoms with van der Waals surface area (Å²) in [5.41, 5.74) is 6.43. The third-order valence-corrected chi connectivity index (χ3v) is 4.52. The van der Waals surface area contributed by atoms with Crippen molar-refractivity contribution in [3.63, 3.8) is 0 Å². The molecular formula is C20H24N2O2. The molecule has 1 aromatic carbocycles. The van der Waals surface area contributed by atoms with Gasteiger partial charge in [-0.25, -0.2) is 0 Å². The third kappa shape index (κ3) is 3.65. The lowest BCUT2D eigenvalue weighted by Crippen LogP contribution is -2.39. The van der Waals surface area contributed by atoms with Gasteiger partial charge in [-0.2, -0.15) is 0 Å². The van der Waals surface area contributed by atoms with Gasteiger partial charge in [-0.3, -0.25) is 9.78 Å². The summed E-state index contributed by atoms with van der Waals surface area (Å²) >= 11 is 0. The minimum absolute atomic E-state index is 0.106. The van der Waals surface area contributed by atoms with Crippen LogP contribution in [0, 0.1) is 20.8 Å². The Bertz CT molecular complexity index is 709. The molecule has 1 saturated heterocycles. The lowest BCUT2D eigenvalue weighted by atomic mass is 9.95. The number of rotatable bonds is 3. The molecule has 3 rings (SSSR count). The van der Waals surface area contributed by atoms with E-state index >= 15 is 0 Å². The van der Waals surface area contributed by atoms with E-state index in [9.17, 15) is 4.79 Å². The van der Waals surface area contributed by atoms with Crippen molar-refractivity contribution in [1.29, 1.82) is 0 Å². The molecule has 126 valence electrons. The average molecular weight is 324 g/mol. The van der Waals surface area contributed by atoms with Crippen molar-refractivity contribution < 1.29 is 9.53 Å². The summed E-state index contributed by atoms with van der Waals surface area (Å²) < 4.78 is 5.32. The SMILES string of the molecule is Cc1cc(C)c(-c2ccc(C(=O)NC3CCOCC3)nc2)c(C)c1.